The van der Waals surface area contributed by atoms with Crippen LogP contribution in [0.2, 0.25) is 0 Å². The summed E-state index contributed by atoms with van der Waals surface area (Å²) in [6.07, 6.45) is 3.21. The average molecular weight is 253 g/mol. The maximum absolute atomic E-state index is 12.1. The second-order valence-electron chi connectivity index (χ2n) is 4.84. The Hall–Kier alpha value is -2.05. The van der Waals surface area contributed by atoms with Gasteiger partial charge in [-0.25, -0.2) is 9.78 Å². The van der Waals surface area contributed by atoms with Gasteiger partial charge in [0, 0.05) is 31.0 Å². The van der Waals surface area contributed by atoms with Crippen LogP contribution in [-0.2, 0) is 5.54 Å². The zero-order chi connectivity index (χ0) is 13.8. The van der Waals surface area contributed by atoms with Crippen LogP contribution in [0.15, 0.2) is 17.2 Å². The van der Waals surface area contributed by atoms with Crippen molar-refractivity contribution in [2.45, 2.75) is 26.3 Å². The van der Waals surface area contributed by atoms with Gasteiger partial charge in [0.1, 0.15) is 0 Å². The quantitative estimate of drug-likeness (QED) is 0.661. The van der Waals surface area contributed by atoms with Crippen molar-refractivity contribution in [1.29, 1.82) is 0 Å². The molecule has 0 spiro atoms. The molecule has 0 aliphatic rings. The Morgan fingerprint density at radius 2 is 2.11 bits per heavy atom. The van der Waals surface area contributed by atoms with Gasteiger partial charge in [0.25, 0.3) is 5.56 Å². The van der Waals surface area contributed by atoms with E-state index in [1.54, 1.807) is 17.0 Å². The third kappa shape index (κ3) is 3.76. The van der Waals surface area contributed by atoms with Crippen molar-refractivity contribution in [3.63, 3.8) is 0 Å². The van der Waals surface area contributed by atoms with E-state index < -0.39 is 6.03 Å². The van der Waals surface area contributed by atoms with Crippen LogP contribution in [-0.4, -0.2) is 28.7 Å². The van der Waals surface area contributed by atoms with Crippen LogP contribution in [0.5, 0.6) is 0 Å². The minimum absolute atomic E-state index is 0.191. The molecule has 1 heterocycles. The standard InChI is InChI=1S/C11H19N5O2/c1-11(2,3)16-7-6-14-8(9(16)17)13-4-5-15-10(12)18/h6-7H,4-5H2,1-3H3,(H,13,14)(H3,12,15,18). The molecule has 0 saturated carbocycles. The van der Waals surface area contributed by atoms with Crippen molar-refractivity contribution in [3.8, 4) is 0 Å². The SMILES string of the molecule is CC(C)(C)n1ccnc(NCCNC(N)=O)c1=O. The summed E-state index contributed by atoms with van der Waals surface area (Å²) in [5.74, 6) is 0.263. The summed E-state index contributed by atoms with van der Waals surface area (Å²) < 4.78 is 1.60. The van der Waals surface area contributed by atoms with E-state index in [0.29, 0.717) is 13.1 Å². The van der Waals surface area contributed by atoms with E-state index in [0.717, 1.165) is 0 Å². The first-order valence-corrected chi connectivity index (χ1v) is 5.67. The molecule has 7 heteroatoms. The summed E-state index contributed by atoms with van der Waals surface area (Å²) in [5, 5.41) is 5.29. The van der Waals surface area contributed by atoms with Crippen LogP contribution in [0.3, 0.4) is 0 Å². The summed E-state index contributed by atoms with van der Waals surface area (Å²) >= 11 is 0. The lowest BCUT2D eigenvalue weighted by Crippen LogP contribution is -2.37. The largest absolute Gasteiger partial charge is 0.364 e. The molecule has 0 fully saturated rings. The van der Waals surface area contributed by atoms with Gasteiger partial charge in [-0.05, 0) is 20.8 Å². The molecule has 4 N–H and O–H groups in total. The number of anilines is 1. The Balaban J connectivity index is 2.73. The molecule has 0 aromatic carbocycles. The lowest BCUT2D eigenvalue weighted by molar-refractivity contribution is 0.249. The number of hydrogen-bond donors (Lipinski definition) is 3. The first-order valence-electron chi connectivity index (χ1n) is 5.67. The summed E-state index contributed by atoms with van der Waals surface area (Å²) in [5.41, 5.74) is 4.43. The second-order valence-corrected chi connectivity index (χ2v) is 4.84. The Bertz CT molecular complexity index is 475. The number of nitrogens with two attached hydrogens (primary N) is 1. The van der Waals surface area contributed by atoms with Crippen LogP contribution >= 0.6 is 0 Å². The molecule has 0 saturated heterocycles. The number of hydrogen-bond acceptors (Lipinski definition) is 4. The van der Waals surface area contributed by atoms with Gasteiger partial charge in [-0.2, -0.15) is 0 Å². The molecule has 7 nitrogen and oxygen atoms in total. The number of rotatable bonds is 4. The zero-order valence-electron chi connectivity index (χ0n) is 10.9. The molecule has 18 heavy (non-hydrogen) atoms. The molecular weight excluding hydrogens is 234 g/mol. The van der Waals surface area contributed by atoms with Crippen molar-refractivity contribution in [2.75, 3.05) is 18.4 Å². The number of urea groups is 1. The molecule has 2 amide bonds. The Morgan fingerprint density at radius 3 is 2.67 bits per heavy atom. The molecular formula is C11H19N5O2. The van der Waals surface area contributed by atoms with Gasteiger partial charge < -0.3 is 20.9 Å². The second kappa shape index (κ2) is 5.52. The van der Waals surface area contributed by atoms with E-state index in [1.165, 1.54) is 0 Å². The number of primary amides is 1. The van der Waals surface area contributed by atoms with Gasteiger partial charge in [0.15, 0.2) is 5.82 Å². The first kappa shape index (κ1) is 14.0. The van der Waals surface area contributed by atoms with Crippen molar-refractivity contribution in [1.82, 2.24) is 14.9 Å². The fraction of sp³-hybridized carbons (Fsp3) is 0.545. The minimum Gasteiger partial charge on any atom is -0.364 e. The highest BCUT2D eigenvalue weighted by Crippen LogP contribution is 2.10. The molecule has 1 aromatic heterocycles. The predicted octanol–water partition coefficient (Wildman–Crippen LogP) is 0.0785. The van der Waals surface area contributed by atoms with Gasteiger partial charge in [-0.15, -0.1) is 0 Å². The predicted molar refractivity (Wildman–Crippen MR) is 69.6 cm³/mol. The van der Waals surface area contributed by atoms with E-state index in [9.17, 15) is 9.59 Å². The molecule has 0 unspecified atom stereocenters. The Labute approximate surface area is 105 Å². The lowest BCUT2D eigenvalue weighted by Gasteiger charge is -2.22. The fourth-order valence-corrected chi connectivity index (χ4v) is 1.43. The molecule has 1 rings (SSSR count). The van der Waals surface area contributed by atoms with Crippen molar-refractivity contribution >= 4 is 11.8 Å². The molecule has 1 aromatic rings. The summed E-state index contributed by atoms with van der Waals surface area (Å²) in [4.78, 5) is 26.5. The average Bonchev–Trinajstić information content (AvgIpc) is 2.24. The smallest absolute Gasteiger partial charge is 0.312 e. The van der Waals surface area contributed by atoms with Crippen LogP contribution in [0, 0.1) is 0 Å². The van der Waals surface area contributed by atoms with Gasteiger partial charge in [0.05, 0.1) is 0 Å². The van der Waals surface area contributed by atoms with Gasteiger partial charge in [-0.3, -0.25) is 4.79 Å². The number of nitrogens with one attached hydrogen (secondary N) is 2. The van der Waals surface area contributed by atoms with Crippen molar-refractivity contribution < 1.29 is 4.79 Å². The van der Waals surface area contributed by atoms with E-state index in [1.807, 2.05) is 20.8 Å². The highest BCUT2D eigenvalue weighted by molar-refractivity contribution is 5.71. The lowest BCUT2D eigenvalue weighted by atomic mass is 10.1. The number of nitrogens with zero attached hydrogens (tertiary/aromatic N) is 2. The van der Waals surface area contributed by atoms with Gasteiger partial charge >= 0.3 is 6.03 Å². The number of carbonyl (C=O) groups is 1. The van der Waals surface area contributed by atoms with Gasteiger partial charge in [-0.1, -0.05) is 0 Å². The fourth-order valence-electron chi connectivity index (χ4n) is 1.43. The zero-order valence-corrected chi connectivity index (χ0v) is 10.9. The molecule has 0 aliphatic carbocycles. The van der Waals surface area contributed by atoms with Gasteiger partial charge in [0.2, 0.25) is 0 Å². The third-order valence-corrected chi connectivity index (χ3v) is 2.28. The maximum atomic E-state index is 12.1. The monoisotopic (exact) mass is 253 g/mol. The molecule has 0 atom stereocenters. The number of aromatic nitrogens is 2. The van der Waals surface area contributed by atoms with Crippen LogP contribution < -0.4 is 21.9 Å². The summed E-state index contributed by atoms with van der Waals surface area (Å²) in [7, 11) is 0. The third-order valence-electron chi connectivity index (χ3n) is 2.28. The Kier molecular flexibility index (Phi) is 4.30. The van der Waals surface area contributed by atoms with E-state index in [4.69, 9.17) is 5.73 Å². The molecule has 0 radical (unpaired) electrons. The summed E-state index contributed by atoms with van der Waals surface area (Å²) in [6, 6.07) is -0.593. The molecule has 0 aliphatic heterocycles. The maximum Gasteiger partial charge on any atom is 0.312 e. The highest BCUT2D eigenvalue weighted by atomic mass is 16.2. The topological polar surface area (TPSA) is 102 Å². The normalized spacial score (nSPS) is 11.1. The van der Waals surface area contributed by atoms with Crippen molar-refractivity contribution in [3.05, 3.63) is 22.7 Å². The van der Waals surface area contributed by atoms with E-state index in [2.05, 4.69) is 15.6 Å². The van der Waals surface area contributed by atoms with Crippen molar-refractivity contribution in [2.24, 2.45) is 5.73 Å². The van der Waals surface area contributed by atoms with Crippen LogP contribution in [0.25, 0.3) is 0 Å². The molecule has 0 bridgehead atoms. The van der Waals surface area contributed by atoms with E-state index >= 15 is 0 Å². The Morgan fingerprint density at radius 1 is 1.44 bits per heavy atom. The van der Waals surface area contributed by atoms with Crippen LogP contribution in [0.4, 0.5) is 10.6 Å². The minimum atomic E-state index is -0.593. The molecule has 100 valence electrons. The highest BCUT2D eigenvalue weighted by Gasteiger charge is 2.16. The number of amides is 2. The summed E-state index contributed by atoms with van der Waals surface area (Å²) in [6.45, 7) is 6.53. The van der Waals surface area contributed by atoms with Crippen LogP contribution in [0.1, 0.15) is 20.8 Å². The number of carbonyl (C=O) groups excluding carboxylic acids is 1. The van der Waals surface area contributed by atoms with E-state index in [-0.39, 0.29) is 16.9 Å². The first-order chi connectivity index (χ1) is 8.32.